The van der Waals surface area contributed by atoms with Crippen molar-refractivity contribution < 1.29 is 40.3 Å². The second-order valence-corrected chi connectivity index (χ2v) is 4.58. The van der Waals surface area contributed by atoms with Gasteiger partial charge in [-0.05, 0) is 13.3 Å². The van der Waals surface area contributed by atoms with Gasteiger partial charge in [0, 0.05) is 5.57 Å². The van der Waals surface area contributed by atoms with Crippen molar-refractivity contribution in [3.63, 3.8) is 0 Å². The maximum atomic E-state index is 13.2. The van der Waals surface area contributed by atoms with Crippen LogP contribution in [-0.2, 0) is 9.53 Å². The molecule has 0 amide bonds. The van der Waals surface area contributed by atoms with Gasteiger partial charge in [0.1, 0.15) is 6.10 Å². The van der Waals surface area contributed by atoms with Gasteiger partial charge in [0.25, 0.3) is 0 Å². The van der Waals surface area contributed by atoms with Crippen LogP contribution in [0.3, 0.4) is 0 Å². The third kappa shape index (κ3) is 4.89. The number of halogens is 7. The molecule has 9 heteroatoms. The third-order valence-corrected chi connectivity index (χ3v) is 2.53. The van der Waals surface area contributed by atoms with Gasteiger partial charge in [0.05, 0.1) is 6.42 Å². The minimum absolute atomic E-state index is 0.155. The summed E-state index contributed by atoms with van der Waals surface area (Å²) in [7, 11) is 0. The molecule has 2 nitrogen and oxygen atoms in total. The molecule has 0 saturated heterocycles. The van der Waals surface area contributed by atoms with Crippen molar-refractivity contribution in [1.82, 2.24) is 0 Å². The van der Waals surface area contributed by atoms with Crippen LogP contribution < -0.4 is 0 Å². The first-order valence-electron chi connectivity index (χ1n) is 5.95. The average molecular weight is 324 g/mol. The molecule has 0 aliphatic carbocycles. The highest BCUT2D eigenvalue weighted by atomic mass is 19.4. The van der Waals surface area contributed by atoms with E-state index < -0.39 is 36.5 Å². The SMILES string of the molecule is C=C(C)C(=O)OC(CCC)CC(F)(F)C(F)(F)C(F)(F)F. The van der Waals surface area contributed by atoms with Gasteiger partial charge in [0.15, 0.2) is 0 Å². The Balaban J connectivity index is 5.15. The van der Waals surface area contributed by atoms with Crippen molar-refractivity contribution in [2.24, 2.45) is 0 Å². The standard InChI is InChI=1S/C12H15F7O2/c1-4-5-8(21-9(20)7(2)3)6-10(13,14)11(15,16)12(17,18)19/h8H,2,4-6H2,1,3H3. The lowest BCUT2D eigenvalue weighted by atomic mass is 10.0. The molecule has 0 saturated carbocycles. The summed E-state index contributed by atoms with van der Waals surface area (Å²) in [6, 6.07) is 0. The number of hydrogen-bond acceptors (Lipinski definition) is 2. The molecule has 0 aromatic heterocycles. The van der Waals surface area contributed by atoms with Gasteiger partial charge in [-0.1, -0.05) is 19.9 Å². The number of ether oxygens (including phenoxy) is 1. The summed E-state index contributed by atoms with van der Waals surface area (Å²) in [6.07, 6.45) is -10.2. The first-order chi connectivity index (χ1) is 9.26. The molecule has 0 rings (SSSR count). The van der Waals surface area contributed by atoms with Gasteiger partial charge in [-0.2, -0.15) is 30.7 Å². The maximum absolute atomic E-state index is 13.2. The molecule has 1 unspecified atom stereocenters. The van der Waals surface area contributed by atoms with Crippen LogP contribution in [0.1, 0.15) is 33.1 Å². The number of hydrogen-bond donors (Lipinski definition) is 0. The molecular formula is C12H15F7O2. The van der Waals surface area contributed by atoms with Crippen molar-refractivity contribution in [3.8, 4) is 0 Å². The van der Waals surface area contributed by atoms with Crippen LogP contribution in [0.2, 0.25) is 0 Å². The van der Waals surface area contributed by atoms with Gasteiger partial charge in [-0.25, -0.2) is 4.79 Å². The van der Waals surface area contributed by atoms with Gasteiger partial charge in [0.2, 0.25) is 0 Å². The Morgan fingerprint density at radius 1 is 1.14 bits per heavy atom. The van der Waals surface area contributed by atoms with Crippen molar-refractivity contribution in [2.45, 2.75) is 57.2 Å². The quantitative estimate of drug-likeness (QED) is 0.392. The smallest absolute Gasteiger partial charge is 0.459 e. The highest BCUT2D eigenvalue weighted by Gasteiger charge is 2.73. The van der Waals surface area contributed by atoms with E-state index in [1.165, 1.54) is 13.8 Å². The minimum atomic E-state index is -6.40. The zero-order chi connectivity index (χ0) is 17.1. The molecule has 21 heavy (non-hydrogen) atoms. The number of esters is 1. The van der Waals surface area contributed by atoms with Crippen LogP contribution in [0.5, 0.6) is 0 Å². The fourth-order valence-corrected chi connectivity index (χ4v) is 1.40. The third-order valence-electron chi connectivity index (χ3n) is 2.53. The molecule has 0 spiro atoms. The van der Waals surface area contributed by atoms with E-state index in [1.807, 2.05) is 0 Å². The van der Waals surface area contributed by atoms with Gasteiger partial charge in [-0.15, -0.1) is 0 Å². The van der Waals surface area contributed by atoms with Crippen LogP contribution >= 0.6 is 0 Å². The zero-order valence-corrected chi connectivity index (χ0v) is 11.4. The zero-order valence-electron chi connectivity index (χ0n) is 11.4. The van der Waals surface area contributed by atoms with Crippen LogP contribution in [0.4, 0.5) is 30.7 Å². The summed E-state index contributed by atoms with van der Waals surface area (Å²) < 4.78 is 92.5. The summed E-state index contributed by atoms with van der Waals surface area (Å²) in [6.45, 7) is 5.82. The van der Waals surface area contributed by atoms with E-state index in [0.717, 1.165) is 0 Å². The molecule has 0 aliphatic heterocycles. The topological polar surface area (TPSA) is 26.3 Å². The first kappa shape index (κ1) is 19.7. The lowest BCUT2D eigenvalue weighted by molar-refractivity contribution is -0.358. The number of carbonyl (C=O) groups is 1. The average Bonchev–Trinajstić information content (AvgIpc) is 2.26. The van der Waals surface area contributed by atoms with Crippen molar-refractivity contribution in [2.75, 3.05) is 0 Å². The molecule has 1 atom stereocenters. The maximum Gasteiger partial charge on any atom is 0.459 e. The molecule has 124 valence electrons. The van der Waals surface area contributed by atoms with E-state index in [-0.39, 0.29) is 18.4 Å². The predicted octanol–water partition coefficient (Wildman–Crippen LogP) is 4.50. The lowest BCUT2D eigenvalue weighted by Gasteiger charge is -2.30. The molecule has 0 bridgehead atoms. The van der Waals surface area contributed by atoms with Crippen LogP contribution in [0.15, 0.2) is 12.2 Å². The largest absolute Gasteiger partial charge is 0.459 e. The highest BCUT2D eigenvalue weighted by Crippen LogP contribution is 2.48. The lowest BCUT2D eigenvalue weighted by Crippen LogP contribution is -2.53. The Morgan fingerprint density at radius 2 is 1.62 bits per heavy atom. The van der Waals surface area contributed by atoms with E-state index in [9.17, 15) is 35.5 Å². The van der Waals surface area contributed by atoms with E-state index in [4.69, 9.17) is 0 Å². The Labute approximate surface area is 116 Å². The Morgan fingerprint density at radius 3 is 1.95 bits per heavy atom. The normalized spacial score (nSPS) is 14.7. The van der Waals surface area contributed by atoms with E-state index >= 15 is 0 Å². The van der Waals surface area contributed by atoms with Gasteiger partial charge < -0.3 is 4.74 Å². The van der Waals surface area contributed by atoms with Crippen LogP contribution in [0, 0.1) is 0 Å². The molecule has 0 aromatic rings. The summed E-state index contributed by atoms with van der Waals surface area (Å²) in [5, 5.41) is 0. The molecule has 0 aliphatic rings. The van der Waals surface area contributed by atoms with Gasteiger partial charge in [-0.3, -0.25) is 0 Å². The Hall–Kier alpha value is -1.28. The van der Waals surface area contributed by atoms with E-state index in [2.05, 4.69) is 11.3 Å². The summed E-state index contributed by atoms with van der Waals surface area (Å²) >= 11 is 0. The summed E-state index contributed by atoms with van der Waals surface area (Å²) in [4.78, 5) is 11.2. The molecule has 0 fully saturated rings. The summed E-state index contributed by atoms with van der Waals surface area (Å²) in [5.74, 6) is -12.7. The van der Waals surface area contributed by atoms with Crippen LogP contribution in [-0.4, -0.2) is 30.1 Å². The number of carbonyl (C=O) groups excluding carboxylic acids is 1. The van der Waals surface area contributed by atoms with E-state index in [0.29, 0.717) is 0 Å². The van der Waals surface area contributed by atoms with E-state index in [1.54, 1.807) is 0 Å². The van der Waals surface area contributed by atoms with Crippen molar-refractivity contribution in [1.29, 1.82) is 0 Å². The fourth-order valence-electron chi connectivity index (χ4n) is 1.40. The monoisotopic (exact) mass is 324 g/mol. The number of alkyl halides is 7. The molecule has 0 N–H and O–H groups in total. The molecular weight excluding hydrogens is 309 g/mol. The van der Waals surface area contributed by atoms with Gasteiger partial charge >= 0.3 is 24.0 Å². The first-order valence-corrected chi connectivity index (χ1v) is 5.95. The van der Waals surface area contributed by atoms with Crippen molar-refractivity contribution >= 4 is 5.97 Å². The highest BCUT2D eigenvalue weighted by molar-refractivity contribution is 5.87. The molecule has 0 heterocycles. The van der Waals surface area contributed by atoms with Crippen molar-refractivity contribution in [3.05, 3.63) is 12.2 Å². The summed E-state index contributed by atoms with van der Waals surface area (Å²) in [5.41, 5.74) is -0.179. The number of rotatable bonds is 7. The molecule has 0 radical (unpaired) electrons. The fraction of sp³-hybridized carbons (Fsp3) is 0.750. The molecule has 0 aromatic carbocycles. The minimum Gasteiger partial charge on any atom is -0.459 e. The Kier molecular flexibility index (Phi) is 6.25. The Bertz CT molecular complexity index is 388. The predicted molar refractivity (Wildman–Crippen MR) is 60.2 cm³/mol. The van der Waals surface area contributed by atoms with Crippen LogP contribution in [0.25, 0.3) is 0 Å². The second kappa shape index (κ2) is 6.65. The second-order valence-electron chi connectivity index (χ2n) is 4.58.